The second-order valence-electron chi connectivity index (χ2n) is 8.41. The number of allylic oxidation sites excluding steroid dienone is 1. The highest BCUT2D eigenvalue weighted by atomic mass is 16.5. The molecule has 164 valence electrons. The van der Waals surface area contributed by atoms with E-state index in [0.29, 0.717) is 24.7 Å². The van der Waals surface area contributed by atoms with Gasteiger partial charge < -0.3 is 19.7 Å². The van der Waals surface area contributed by atoms with Gasteiger partial charge in [0, 0.05) is 36.2 Å². The summed E-state index contributed by atoms with van der Waals surface area (Å²) in [5.74, 6) is 1.23. The first kappa shape index (κ1) is 20.5. The predicted octanol–water partition coefficient (Wildman–Crippen LogP) is 4.40. The van der Waals surface area contributed by atoms with Crippen LogP contribution in [0.5, 0.6) is 5.75 Å². The van der Waals surface area contributed by atoms with Gasteiger partial charge in [0.1, 0.15) is 24.0 Å². The van der Waals surface area contributed by atoms with Gasteiger partial charge in [0.25, 0.3) is 0 Å². The summed E-state index contributed by atoms with van der Waals surface area (Å²) < 4.78 is 11.7. The molecule has 3 heterocycles. The Morgan fingerprint density at radius 1 is 1.25 bits per heavy atom. The number of nitrogens with one attached hydrogen (secondary N) is 1. The molecule has 0 bridgehead atoms. The molecule has 2 aliphatic heterocycles. The minimum absolute atomic E-state index is 0.0432. The van der Waals surface area contributed by atoms with Gasteiger partial charge in [-0.05, 0) is 38.0 Å². The van der Waals surface area contributed by atoms with E-state index in [2.05, 4.69) is 38.4 Å². The van der Waals surface area contributed by atoms with E-state index >= 15 is 0 Å². The molecule has 1 fully saturated rings. The Labute approximate surface area is 187 Å². The van der Waals surface area contributed by atoms with Gasteiger partial charge in [-0.3, -0.25) is 4.79 Å². The molecule has 5 rings (SSSR count). The fourth-order valence-electron chi connectivity index (χ4n) is 4.26. The molecule has 3 aromatic rings. The van der Waals surface area contributed by atoms with Gasteiger partial charge in [-0.1, -0.05) is 23.8 Å². The summed E-state index contributed by atoms with van der Waals surface area (Å²) in [7, 11) is 0. The van der Waals surface area contributed by atoms with Crippen LogP contribution in [0.25, 0.3) is 10.9 Å². The number of amides is 1. The molecule has 0 spiro atoms. The Bertz CT molecular complexity index is 1200. The smallest absolute Gasteiger partial charge is 0.248 e. The van der Waals surface area contributed by atoms with Gasteiger partial charge in [-0.15, -0.1) is 0 Å². The van der Waals surface area contributed by atoms with Crippen LogP contribution in [0.2, 0.25) is 0 Å². The fourth-order valence-corrected chi connectivity index (χ4v) is 4.26. The number of carbonyl (C=O) groups is 1. The molecule has 0 saturated carbocycles. The number of fused-ring (bicyclic) bond motifs is 2. The van der Waals surface area contributed by atoms with E-state index in [1.165, 1.54) is 5.56 Å². The maximum atomic E-state index is 12.5. The zero-order valence-electron chi connectivity index (χ0n) is 18.3. The Kier molecular flexibility index (Phi) is 5.49. The van der Waals surface area contributed by atoms with E-state index in [9.17, 15) is 4.79 Å². The molecule has 1 atom stereocenters. The lowest BCUT2D eigenvalue weighted by atomic mass is 10.1. The first-order valence-electron chi connectivity index (χ1n) is 10.9. The van der Waals surface area contributed by atoms with Crippen LogP contribution < -0.4 is 15.0 Å². The molecule has 1 aromatic heterocycles. The molecule has 0 radical (unpaired) electrons. The van der Waals surface area contributed by atoms with E-state index in [1.54, 1.807) is 12.4 Å². The Morgan fingerprint density at radius 2 is 2.12 bits per heavy atom. The molecule has 1 N–H and O–H groups in total. The van der Waals surface area contributed by atoms with Crippen LogP contribution >= 0.6 is 0 Å². The van der Waals surface area contributed by atoms with E-state index < -0.39 is 0 Å². The summed E-state index contributed by atoms with van der Waals surface area (Å²) in [5, 5.41) is 3.86. The maximum Gasteiger partial charge on any atom is 0.248 e. The maximum absolute atomic E-state index is 12.5. The highest BCUT2D eigenvalue weighted by Gasteiger charge is 2.25. The van der Waals surface area contributed by atoms with Gasteiger partial charge in [-0.2, -0.15) is 0 Å². The van der Waals surface area contributed by atoms with Crippen LogP contribution in [-0.2, 0) is 16.0 Å². The number of hydrogen-bond acceptors (Lipinski definition) is 6. The highest BCUT2D eigenvalue weighted by molar-refractivity contribution is 6.04. The number of aromatic nitrogens is 2. The minimum Gasteiger partial charge on any atom is -0.486 e. The van der Waals surface area contributed by atoms with Crippen LogP contribution in [0.3, 0.4) is 0 Å². The summed E-state index contributed by atoms with van der Waals surface area (Å²) in [4.78, 5) is 23.9. The molecule has 0 aliphatic carbocycles. The Morgan fingerprint density at radius 3 is 2.94 bits per heavy atom. The largest absolute Gasteiger partial charge is 0.486 e. The first-order valence-corrected chi connectivity index (χ1v) is 10.9. The third-order valence-corrected chi connectivity index (χ3v) is 5.72. The molecule has 32 heavy (non-hydrogen) atoms. The first-order chi connectivity index (χ1) is 15.6. The molecule has 1 amide bonds. The van der Waals surface area contributed by atoms with Crippen molar-refractivity contribution < 1.29 is 14.3 Å². The summed E-state index contributed by atoms with van der Waals surface area (Å²) in [6.45, 7) is 5.86. The molecule has 7 nitrogen and oxygen atoms in total. The van der Waals surface area contributed by atoms with Crippen LogP contribution in [0.4, 0.5) is 17.2 Å². The average molecular weight is 431 g/mol. The zero-order chi connectivity index (χ0) is 22.1. The van der Waals surface area contributed by atoms with E-state index in [0.717, 1.165) is 47.4 Å². The number of ether oxygens (including phenoxy) is 2. The van der Waals surface area contributed by atoms with Crippen molar-refractivity contribution in [3.05, 3.63) is 59.9 Å². The van der Waals surface area contributed by atoms with Crippen molar-refractivity contribution in [2.24, 2.45) is 0 Å². The van der Waals surface area contributed by atoms with Crippen molar-refractivity contribution in [2.75, 3.05) is 30.0 Å². The van der Waals surface area contributed by atoms with Gasteiger partial charge in [0.2, 0.25) is 5.91 Å². The molecule has 7 heteroatoms. The topological polar surface area (TPSA) is 76.6 Å². The quantitative estimate of drug-likeness (QED) is 0.605. The third-order valence-electron chi connectivity index (χ3n) is 5.72. The summed E-state index contributed by atoms with van der Waals surface area (Å²) in [6, 6.07) is 12.2. The number of anilines is 3. The molecule has 2 aliphatic rings. The molecule has 0 unspecified atom stereocenters. The molecular formula is C25H26N4O3. The van der Waals surface area contributed by atoms with Gasteiger partial charge in [-0.25, -0.2) is 9.97 Å². The zero-order valence-corrected chi connectivity index (χ0v) is 18.3. The molecule has 2 aromatic carbocycles. The highest BCUT2D eigenvalue weighted by Crippen LogP contribution is 2.39. The van der Waals surface area contributed by atoms with Gasteiger partial charge >= 0.3 is 0 Å². The van der Waals surface area contributed by atoms with Crippen LogP contribution in [0, 0.1) is 0 Å². The monoisotopic (exact) mass is 430 g/mol. The van der Waals surface area contributed by atoms with E-state index in [1.807, 2.05) is 32.0 Å². The van der Waals surface area contributed by atoms with Crippen molar-refractivity contribution >= 4 is 34.0 Å². The van der Waals surface area contributed by atoms with Crippen molar-refractivity contribution in [2.45, 2.75) is 32.8 Å². The number of para-hydroxylation sites is 1. The third kappa shape index (κ3) is 4.03. The van der Waals surface area contributed by atoms with Crippen LogP contribution in [0.15, 0.2) is 54.4 Å². The molecule has 1 saturated heterocycles. The Hall–Kier alpha value is -3.45. The number of nitrogens with zero attached hydrogens (tertiary/aromatic N) is 3. The molecular weight excluding hydrogens is 404 g/mol. The second kappa shape index (κ2) is 8.59. The Balaban J connectivity index is 1.59. The normalized spacial score (nSPS) is 17.3. The fraction of sp³-hybridized carbons (Fsp3) is 0.320. The van der Waals surface area contributed by atoms with Crippen LogP contribution in [-0.4, -0.2) is 41.7 Å². The number of carbonyl (C=O) groups excluding carboxylic acids is 1. The number of rotatable bonds is 5. The van der Waals surface area contributed by atoms with Crippen molar-refractivity contribution in [1.82, 2.24) is 9.97 Å². The van der Waals surface area contributed by atoms with Gasteiger partial charge in [0.05, 0.1) is 24.4 Å². The van der Waals surface area contributed by atoms with Gasteiger partial charge in [0.15, 0.2) is 0 Å². The van der Waals surface area contributed by atoms with Crippen LogP contribution in [0.1, 0.15) is 25.8 Å². The summed E-state index contributed by atoms with van der Waals surface area (Å²) in [6.07, 6.45) is 4.90. The lowest BCUT2D eigenvalue weighted by Gasteiger charge is -2.21. The second-order valence-corrected chi connectivity index (χ2v) is 8.41. The van der Waals surface area contributed by atoms with Crippen molar-refractivity contribution in [3.8, 4) is 5.75 Å². The number of hydrogen-bond donors (Lipinski definition) is 1. The summed E-state index contributed by atoms with van der Waals surface area (Å²) >= 11 is 0. The lowest BCUT2D eigenvalue weighted by molar-refractivity contribution is -0.112. The lowest BCUT2D eigenvalue weighted by Crippen LogP contribution is -2.18. The standard InChI is InChI=1S/C25H26N4O3/c1-16(2)11-24(30)28-21-12-19-20(13-23(21)32-18-8-10-31-14-18)26-15-27-25(19)29-9-7-17-5-3-4-6-22(17)29/h3-6,11-13,15,18H,7-10,14H2,1-2H3,(H,28,30)/t18-/m1/s1. The predicted molar refractivity (Wildman–Crippen MR) is 125 cm³/mol. The minimum atomic E-state index is -0.193. The van der Waals surface area contributed by atoms with Crippen molar-refractivity contribution in [3.63, 3.8) is 0 Å². The number of benzene rings is 2. The summed E-state index contributed by atoms with van der Waals surface area (Å²) in [5.41, 5.74) is 4.76. The SMILES string of the molecule is CC(C)=CC(=O)Nc1cc2c(N3CCc4ccccc43)ncnc2cc1O[C@@H]1CCOC1. The average Bonchev–Trinajstić information content (AvgIpc) is 3.43. The van der Waals surface area contributed by atoms with E-state index in [-0.39, 0.29) is 12.0 Å². The van der Waals surface area contributed by atoms with E-state index in [4.69, 9.17) is 9.47 Å². The van der Waals surface area contributed by atoms with Crippen molar-refractivity contribution in [1.29, 1.82) is 0 Å².